The van der Waals surface area contributed by atoms with E-state index < -0.39 is 0 Å². The lowest BCUT2D eigenvalue weighted by Gasteiger charge is -2.11. The Bertz CT molecular complexity index is 424. The van der Waals surface area contributed by atoms with Crippen LogP contribution >= 0.6 is 0 Å². The quantitative estimate of drug-likeness (QED) is 0.831. The second-order valence-corrected chi connectivity index (χ2v) is 3.51. The Balaban J connectivity index is 2.89. The van der Waals surface area contributed by atoms with Gasteiger partial charge in [-0.25, -0.2) is 0 Å². The summed E-state index contributed by atoms with van der Waals surface area (Å²) in [5, 5.41) is 11.3. The number of carbonyl (C=O) groups excluding carboxylic acids is 1. The van der Waals surface area contributed by atoms with Gasteiger partial charge in [-0.05, 0) is 37.1 Å². The van der Waals surface area contributed by atoms with Gasteiger partial charge in [-0.2, -0.15) is 5.26 Å². The molecule has 1 N–H and O–H groups in total. The maximum absolute atomic E-state index is 11.0. The van der Waals surface area contributed by atoms with Crippen LogP contribution in [-0.2, 0) is 4.79 Å². The minimum absolute atomic E-state index is 0.00984. The maximum Gasteiger partial charge on any atom is 0.257 e. The average Bonchev–Trinajstić information content (AvgIpc) is 2.27. The van der Waals surface area contributed by atoms with Gasteiger partial charge in [0.1, 0.15) is 5.75 Å². The first-order valence-corrected chi connectivity index (χ1v) is 4.93. The summed E-state index contributed by atoms with van der Waals surface area (Å²) in [5.41, 5.74) is 2.32. The van der Waals surface area contributed by atoms with Crippen LogP contribution in [0, 0.1) is 25.2 Å². The highest BCUT2D eigenvalue weighted by Crippen LogP contribution is 2.24. The molecule has 0 aliphatic heterocycles. The highest BCUT2D eigenvalue weighted by Gasteiger charge is 2.08. The molecule has 0 bridgehead atoms. The van der Waals surface area contributed by atoms with Crippen LogP contribution in [-0.4, -0.2) is 19.6 Å². The first kappa shape index (κ1) is 12.1. The van der Waals surface area contributed by atoms with Crippen LogP contribution in [0.5, 0.6) is 5.75 Å². The Labute approximate surface area is 94.8 Å². The summed E-state index contributed by atoms with van der Waals surface area (Å²) in [6, 6.07) is 5.56. The molecular weight excluding hydrogens is 204 g/mol. The molecule has 0 aliphatic carbocycles. The zero-order valence-electron chi connectivity index (χ0n) is 9.63. The van der Waals surface area contributed by atoms with Gasteiger partial charge in [0, 0.05) is 7.05 Å². The van der Waals surface area contributed by atoms with E-state index in [0.29, 0.717) is 11.3 Å². The number of nitrogens with one attached hydrogen (secondary N) is 1. The third-order valence-electron chi connectivity index (χ3n) is 2.22. The third-order valence-corrected chi connectivity index (χ3v) is 2.22. The van der Waals surface area contributed by atoms with E-state index in [1.807, 2.05) is 13.8 Å². The Morgan fingerprint density at radius 3 is 2.44 bits per heavy atom. The number of benzene rings is 1. The van der Waals surface area contributed by atoms with Gasteiger partial charge in [0.2, 0.25) is 0 Å². The highest BCUT2D eigenvalue weighted by atomic mass is 16.5. The van der Waals surface area contributed by atoms with Gasteiger partial charge in [-0.15, -0.1) is 0 Å². The highest BCUT2D eigenvalue weighted by molar-refractivity contribution is 5.77. The molecule has 0 aliphatic rings. The zero-order chi connectivity index (χ0) is 12.1. The Kier molecular flexibility index (Phi) is 3.90. The van der Waals surface area contributed by atoms with Crippen molar-refractivity contribution in [1.29, 1.82) is 5.26 Å². The zero-order valence-corrected chi connectivity index (χ0v) is 9.63. The molecule has 0 unspecified atom stereocenters. The van der Waals surface area contributed by atoms with Gasteiger partial charge in [0.25, 0.3) is 5.91 Å². The molecule has 0 fully saturated rings. The first-order valence-electron chi connectivity index (χ1n) is 4.93. The number of amides is 1. The molecule has 0 atom stereocenters. The number of nitrogens with zero attached hydrogens (tertiary/aromatic N) is 1. The fraction of sp³-hybridized carbons (Fsp3) is 0.333. The van der Waals surface area contributed by atoms with Crippen LogP contribution in [0.15, 0.2) is 12.1 Å². The monoisotopic (exact) mass is 218 g/mol. The number of hydrogen-bond donors (Lipinski definition) is 1. The Hall–Kier alpha value is -2.02. The van der Waals surface area contributed by atoms with Gasteiger partial charge in [0.05, 0.1) is 11.6 Å². The van der Waals surface area contributed by atoms with E-state index in [0.717, 1.165) is 11.1 Å². The molecule has 0 spiro atoms. The molecule has 0 saturated heterocycles. The van der Waals surface area contributed by atoms with E-state index in [1.165, 1.54) is 0 Å². The Morgan fingerprint density at radius 2 is 2.00 bits per heavy atom. The molecule has 0 saturated carbocycles. The van der Waals surface area contributed by atoms with Gasteiger partial charge in [0.15, 0.2) is 6.61 Å². The van der Waals surface area contributed by atoms with E-state index >= 15 is 0 Å². The van der Waals surface area contributed by atoms with E-state index in [1.54, 1.807) is 19.2 Å². The summed E-state index contributed by atoms with van der Waals surface area (Å²) in [6.45, 7) is 3.70. The van der Waals surface area contributed by atoms with E-state index in [9.17, 15) is 4.79 Å². The van der Waals surface area contributed by atoms with Crippen molar-refractivity contribution in [3.63, 3.8) is 0 Å². The summed E-state index contributed by atoms with van der Waals surface area (Å²) in [5.74, 6) is 0.491. The van der Waals surface area contributed by atoms with Crippen LogP contribution in [0.2, 0.25) is 0 Å². The lowest BCUT2D eigenvalue weighted by Crippen LogP contribution is -2.25. The molecule has 4 heteroatoms. The summed E-state index contributed by atoms with van der Waals surface area (Å²) in [4.78, 5) is 11.0. The second kappa shape index (κ2) is 5.17. The lowest BCUT2D eigenvalue weighted by atomic mass is 10.1. The largest absolute Gasteiger partial charge is 0.483 e. The fourth-order valence-corrected chi connectivity index (χ4v) is 1.45. The summed E-state index contributed by atoms with van der Waals surface area (Å²) >= 11 is 0. The van der Waals surface area contributed by atoms with Crippen molar-refractivity contribution in [2.75, 3.05) is 13.7 Å². The lowest BCUT2D eigenvalue weighted by molar-refractivity contribution is -0.122. The molecule has 84 valence electrons. The first-order chi connectivity index (χ1) is 7.58. The number of hydrogen-bond acceptors (Lipinski definition) is 3. The third kappa shape index (κ3) is 2.74. The molecule has 0 radical (unpaired) electrons. The van der Waals surface area contributed by atoms with E-state index in [-0.39, 0.29) is 12.5 Å². The van der Waals surface area contributed by atoms with E-state index in [4.69, 9.17) is 10.00 Å². The molecule has 1 amide bonds. The number of nitriles is 1. The molecule has 4 nitrogen and oxygen atoms in total. The smallest absolute Gasteiger partial charge is 0.257 e. The molecule has 0 aromatic heterocycles. The van der Waals surface area contributed by atoms with Crippen molar-refractivity contribution < 1.29 is 9.53 Å². The van der Waals surface area contributed by atoms with Crippen molar-refractivity contribution in [2.24, 2.45) is 0 Å². The SMILES string of the molecule is CNC(=O)COc1c(C)cc(C#N)cc1C. The number of likely N-dealkylation sites (N-methyl/N-ethyl adjacent to an activating group) is 1. The van der Waals surface area contributed by atoms with Crippen molar-refractivity contribution in [3.8, 4) is 11.8 Å². The van der Waals surface area contributed by atoms with Gasteiger partial charge < -0.3 is 10.1 Å². The second-order valence-electron chi connectivity index (χ2n) is 3.51. The van der Waals surface area contributed by atoms with Gasteiger partial charge >= 0.3 is 0 Å². The normalized spacial score (nSPS) is 9.38. The molecule has 0 heterocycles. The van der Waals surface area contributed by atoms with Crippen LogP contribution < -0.4 is 10.1 Å². The minimum atomic E-state index is -0.178. The predicted molar refractivity (Wildman–Crippen MR) is 60.2 cm³/mol. The topological polar surface area (TPSA) is 62.1 Å². The van der Waals surface area contributed by atoms with Crippen molar-refractivity contribution in [3.05, 3.63) is 28.8 Å². The number of carbonyl (C=O) groups is 1. The van der Waals surface area contributed by atoms with Crippen molar-refractivity contribution >= 4 is 5.91 Å². The number of aryl methyl sites for hydroxylation is 2. The number of rotatable bonds is 3. The van der Waals surface area contributed by atoms with E-state index in [2.05, 4.69) is 11.4 Å². The molecular formula is C12H14N2O2. The minimum Gasteiger partial charge on any atom is -0.483 e. The van der Waals surface area contributed by atoms with Crippen LogP contribution in [0.3, 0.4) is 0 Å². The number of ether oxygens (including phenoxy) is 1. The fourth-order valence-electron chi connectivity index (χ4n) is 1.45. The summed E-state index contributed by atoms with van der Waals surface area (Å²) in [7, 11) is 1.56. The molecule has 16 heavy (non-hydrogen) atoms. The maximum atomic E-state index is 11.0. The van der Waals surface area contributed by atoms with Crippen LogP contribution in [0.25, 0.3) is 0 Å². The Morgan fingerprint density at radius 1 is 1.44 bits per heavy atom. The standard InChI is InChI=1S/C12H14N2O2/c1-8-4-10(6-13)5-9(2)12(8)16-7-11(15)14-3/h4-5H,7H2,1-3H3,(H,14,15). The average molecular weight is 218 g/mol. The van der Waals surface area contributed by atoms with Crippen LogP contribution in [0.1, 0.15) is 16.7 Å². The molecule has 1 aromatic carbocycles. The molecule has 1 rings (SSSR count). The predicted octanol–water partition coefficient (Wildman–Crippen LogP) is 1.30. The van der Waals surface area contributed by atoms with Crippen molar-refractivity contribution in [1.82, 2.24) is 5.32 Å². The van der Waals surface area contributed by atoms with Gasteiger partial charge in [-0.3, -0.25) is 4.79 Å². The van der Waals surface area contributed by atoms with Gasteiger partial charge in [-0.1, -0.05) is 0 Å². The van der Waals surface area contributed by atoms with Crippen molar-refractivity contribution in [2.45, 2.75) is 13.8 Å². The summed E-state index contributed by atoms with van der Waals surface area (Å²) < 4.78 is 5.40. The van der Waals surface area contributed by atoms with Crippen LogP contribution in [0.4, 0.5) is 0 Å². The summed E-state index contributed by atoms with van der Waals surface area (Å²) in [6.07, 6.45) is 0. The molecule has 1 aromatic rings.